The van der Waals surface area contributed by atoms with Gasteiger partial charge in [-0.3, -0.25) is 0 Å². The summed E-state index contributed by atoms with van der Waals surface area (Å²) >= 11 is 0. The first-order valence-electron chi connectivity index (χ1n) is 4.13. The smallest absolute Gasteiger partial charge is 0.0870 e. The number of rotatable bonds is 1. The van der Waals surface area contributed by atoms with Crippen LogP contribution < -0.4 is 5.73 Å². The summed E-state index contributed by atoms with van der Waals surface area (Å²) in [6.45, 7) is 4.29. The maximum atomic E-state index is 5.81. The number of hydrogen-bond donors (Lipinski definition) is 2. The minimum Gasteiger partial charge on any atom is -0.396 e. The van der Waals surface area contributed by atoms with E-state index in [4.69, 9.17) is 5.73 Å². The molecule has 2 rings (SSSR count). The molecule has 2 aromatic heterocycles. The molecule has 0 radical (unpaired) electrons. The summed E-state index contributed by atoms with van der Waals surface area (Å²) in [5.41, 5.74) is 8.86. The minimum absolute atomic E-state index is 0.459. The Kier molecular flexibility index (Phi) is 1.40. The van der Waals surface area contributed by atoms with E-state index >= 15 is 0 Å². The molecular weight excluding hydrogens is 150 g/mol. The Morgan fingerprint density at radius 1 is 1.50 bits per heavy atom. The van der Waals surface area contributed by atoms with E-state index in [1.807, 2.05) is 18.5 Å². The van der Waals surface area contributed by atoms with Gasteiger partial charge in [0.1, 0.15) is 0 Å². The summed E-state index contributed by atoms with van der Waals surface area (Å²) in [5, 5.41) is 0. The van der Waals surface area contributed by atoms with Crippen LogP contribution in [0.5, 0.6) is 0 Å². The molecule has 0 saturated heterocycles. The van der Waals surface area contributed by atoms with Gasteiger partial charge in [-0.15, -0.1) is 0 Å². The average Bonchev–Trinajstić information content (AvgIpc) is 2.53. The molecule has 12 heavy (non-hydrogen) atoms. The van der Waals surface area contributed by atoms with E-state index in [1.54, 1.807) is 0 Å². The molecule has 0 aliphatic rings. The predicted octanol–water partition coefficient (Wildman–Crippen LogP) is 2.13. The number of aromatic amines is 1. The van der Waals surface area contributed by atoms with Crippen LogP contribution >= 0.6 is 0 Å². The standard InChI is InChI=1S/C9H13N3/c1-6(2)12-5-7(10)9-8(12)3-4-11-9/h3-6,11H,10H2,1-2H3. The molecule has 0 aromatic carbocycles. The van der Waals surface area contributed by atoms with E-state index in [9.17, 15) is 0 Å². The van der Waals surface area contributed by atoms with Crippen LogP contribution in [0.4, 0.5) is 5.69 Å². The van der Waals surface area contributed by atoms with Gasteiger partial charge in [-0.05, 0) is 19.9 Å². The summed E-state index contributed by atoms with van der Waals surface area (Å²) < 4.78 is 2.17. The number of fused-ring (bicyclic) bond motifs is 1. The third-order valence-electron chi connectivity index (χ3n) is 2.13. The highest BCUT2D eigenvalue weighted by molar-refractivity contribution is 5.88. The van der Waals surface area contributed by atoms with Crippen molar-refractivity contribution in [1.82, 2.24) is 9.55 Å². The van der Waals surface area contributed by atoms with E-state index in [0.29, 0.717) is 6.04 Å². The first kappa shape index (κ1) is 7.28. The zero-order valence-corrected chi connectivity index (χ0v) is 7.33. The highest BCUT2D eigenvalue weighted by atomic mass is 15.0. The van der Waals surface area contributed by atoms with Crippen molar-refractivity contribution < 1.29 is 0 Å². The topological polar surface area (TPSA) is 46.7 Å². The Balaban J connectivity index is 2.75. The molecule has 3 nitrogen and oxygen atoms in total. The van der Waals surface area contributed by atoms with Crippen LogP contribution in [-0.2, 0) is 0 Å². The number of hydrogen-bond acceptors (Lipinski definition) is 1. The summed E-state index contributed by atoms with van der Waals surface area (Å²) in [4.78, 5) is 3.12. The third-order valence-corrected chi connectivity index (χ3v) is 2.13. The maximum absolute atomic E-state index is 5.81. The van der Waals surface area contributed by atoms with Gasteiger partial charge in [0.15, 0.2) is 0 Å². The molecule has 0 unspecified atom stereocenters. The van der Waals surface area contributed by atoms with Crippen LogP contribution in [0.3, 0.4) is 0 Å². The number of anilines is 1. The molecular formula is C9H13N3. The fraction of sp³-hybridized carbons (Fsp3) is 0.333. The van der Waals surface area contributed by atoms with Crippen molar-refractivity contribution in [2.24, 2.45) is 0 Å². The van der Waals surface area contributed by atoms with Gasteiger partial charge >= 0.3 is 0 Å². The van der Waals surface area contributed by atoms with E-state index in [1.165, 1.54) is 5.52 Å². The molecule has 3 N–H and O–H groups in total. The van der Waals surface area contributed by atoms with Gasteiger partial charge in [0.05, 0.1) is 16.7 Å². The van der Waals surface area contributed by atoms with E-state index < -0.39 is 0 Å². The molecule has 0 amide bonds. The fourth-order valence-electron chi connectivity index (χ4n) is 1.52. The Hall–Kier alpha value is -1.38. The summed E-state index contributed by atoms with van der Waals surface area (Å²) in [6.07, 6.45) is 3.89. The SMILES string of the molecule is CC(C)n1cc(N)c2[nH]ccc21. The lowest BCUT2D eigenvalue weighted by molar-refractivity contribution is 0.624. The highest BCUT2D eigenvalue weighted by Gasteiger charge is 2.07. The van der Waals surface area contributed by atoms with Crippen molar-refractivity contribution in [2.45, 2.75) is 19.9 Å². The molecule has 64 valence electrons. The van der Waals surface area contributed by atoms with E-state index in [-0.39, 0.29) is 0 Å². The fourth-order valence-corrected chi connectivity index (χ4v) is 1.52. The molecule has 0 atom stereocenters. The Bertz CT molecular complexity index is 395. The van der Waals surface area contributed by atoms with Gasteiger partial charge in [0.2, 0.25) is 0 Å². The molecule has 0 spiro atoms. The monoisotopic (exact) mass is 163 g/mol. The molecule has 0 bridgehead atoms. The second-order valence-electron chi connectivity index (χ2n) is 3.32. The van der Waals surface area contributed by atoms with E-state index in [0.717, 1.165) is 11.2 Å². The Labute approximate surface area is 71.2 Å². The third kappa shape index (κ3) is 0.826. The van der Waals surface area contributed by atoms with Crippen molar-refractivity contribution in [1.29, 1.82) is 0 Å². The normalized spacial score (nSPS) is 11.6. The minimum atomic E-state index is 0.459. The van der Waals surface area contributed by atoms with Crippen LogP contribution in [-0.4, -0.2) is 9.55 Å². The second-order valence-corrected chi connectivity index (χ2v) is 3.32. The first-order valence-corrected chi connectivity index (χ1v) is 4.13. The molecule has 0 saturated carbocycles. The van der Waals surface area contributed by atoms with Gasteiger partial charge < -0.3 is 15.3 Å². The van der Waals surface area contributed by atoms with Crippen molar-refractivity contribution in [3.05, 3.63) is 18.5 Å². The van der Waals surface area contributed by atoms with Crippen molar-refractivity contribution >= 4 is 16.7 Å². The number of nitrogens with zero attached hydrogens (tertiary/aromatic N) is 1. The summed E-state index contributed by atoms with van der Waals surface area (Å²) in [5.74, 6) is 0. The maximum Gasteiger partial charge on any atom is 0.0870 e. The van der Waals surface area contributed by atoms with Crippen molar-refractivity contribution in [3.63, 3.8) is 0 Å². The van der Waals surface area contributed by atoms with Gasteiger partial charge in [-0.25, -0.2) is 0 Å². The summed E-state index contributed by atoms with van der Waals surface area (Å²) in [6, 6.07) is 2.51. The number of nitrogen functional groups attached to an aromatic ring is 1. The molecule has 2 aromatic rings. The number of aromatic nitrogens is 2. The lowest BCUT2D eigenvalue weighted by Crippen LogP contribution is -1.97. The molecule has 2 heterocycles. The molecule has 0 aliphatic heterocycles. The second kappa shape index (κ2) is 2.30. The van der Waals surface area contributed by atoms with Gasteiger partial charge in [-0.1, -0.05) is 0 Å². The lowest BCUT2D eigenvalue weighted by Gasteiger charge is -2.06. The van der Waals surface area contributed by atoms with Crippen LogP contribution in [0, 0.1) is 0 Å². The first-order chi connectivity index (χ1) is 5.70. The largest absolute Gasteiger partial charge is 0.396 e. The van der Waals surface area contributed by atoms with Crippen molar-refractivity contribution in [2.75, 3.05) is 5.73 Å². The average molecular weight is 163 g/mol. The Morgan fingerprint density at radius 2 is 2.25 bits per heavy atom. The number of H-pyrrole nitrogens is 1. The molecule has 0 fully saturated rings. The van der Waals surface area contributed by atoms with Crippen LogP contribution in [0.2, 0.25) is 0 Å². The molecule has 0 aliphatic carbocycles. The number of nitrogens with one attached hydrogen (secondary N) is 1. The zero-order valence-electron chi connectivity index (χ0n) is 7.33. The van der Waals surface area contributed by atoms with Crippen LogP contribution in [0.15, 0.2) is 18.5 Å². The van der Waals surface area contributed by atoms with E-state index in [2.05, 4.69) is 23.4 Å². The quantitative estimate of drug-likeness (QED) is 0.664. The predicted molar refractivity (Wildman–Crippen MR) is 51.1 cm³/mol. The van der Waals surface area contributed by atoms with Crippen LogP contribution in [0.25, 0.3) is 11.0 Å². The zero-order chi connectivity index (χ0) is 8.72. The highest BCUT2D eigenvalue weighted by Crippen LogP contribution is 2.24. The van der Waals surface area contributed by atoms with Gasteiger partial charge in [0, 0.05) is 18.4 Å². The van der Waals surface area contributed by atoms with Crippen LogP contribution in [0.1, 0.15) is 19.9 Å². The van der Waals surface area contributed by atoms with Gasteiger partial charge in [0.25, 0.3) is 0 Å². The Morgan fingerprint density at radius 3 is 2.92 bits per heavy atom. The number of nitrogens with two attached hydrogens (primary N) is 1. The van der Waals surface area contributed by atoms with Gasteiger partial charge in [-0.2, -0.15) is 0 Å². The molecule has 3 heteroatoms. The lowest BCUT2D eigenvalue weighted by atomic mass is 10.4. The van der Waals surface area contributed by atoms with Crippen molar-refractivity contribution in [3.8, 4) is 0 Å². The summed E-state index contributed by atoms with van der Waals surface area (Å²) in [7, 11) is 0.